The van der Waals surface area contributed by atoms with Crippen LogP contribution in [0.4, 0.5) is 0 Å². The second-order valence-electron chi connectivity index (χ2n) is 4.38. The Bertz CT molecular complexity index is 483. The van der Waals surface area contributed by atoms with Crippen LogP contribution in [0.15, 0.2) is 30.3 Å². The standard InChI is InChI=1S/C13H13NO3/c1-13(9-6-4-3-5-7-9)10(8-15)11(16)14(2)12(13)17/h3-8,10H,1-2H3. The molecule has 1 aliphatic rings. The lowest BCUT2D eigenvalue weighted by Crippen LogP contribution is -2.37. The van der Waals surface area contributed by atoms with Crippen molar-refractivity contribution < 1.29 is 14.4 Å². The Labute approximate surface area is 99.2 Å². The van der Waals surface area contributed by atoms with Gasteiger partial charge in [-0.15, -0.1) is 0 Å². The topological polar surface area (TPSA) is 54.5 Å². The maximum Gasteiger partial charge on any atom is 0.240 e. The SMILES string of the molecule is CN1C(=O)C(C=O)C(C)(c2ccccc2)C1=O. The third-order valence-electron chi connectivity index (χ3n) is 3.48. The number of amides is 2. The van der Waals surface area contributed by atoms with Crippen molar-refractivity contribution in [2.24, 2.45) is 5.92 Å². The lowest BCUT2D eigenvalue weighted by Gasteiger charge is -2.24. The summed E-state index contributed by atoms with van der Waals surface area (Å²) in [4.78, 5) is 36.1. The second-order valence-corrected chi connectivity index (χ2v) is 4.38. The minimum atomic E-state index is -1.07. The van der Waals surface area contributed by atoms with Crippen LogP contribution in [0.2, 0.25) is 0 Å². The summed E-state index contributed by atoms with van der Waals surface area (Å²) in [5.74, 6) is -1.69. The van der Waals surface area contributed by atoms with Crippen molar-refractivity contribution in [1.29, 1.82) is 0 Å². The van der Waals surface area contributed by atoms with Gasteiger partial charge in [-0.25, -0.2) is 0 Å². The van der Waals surface area contributed by atoms with Gasteiger partial charge in [0.1, 0.15) is 12.2 Å². The highest BCUT2D eigenvalue weighted by atomic mass is 16.2. The average molecular weight is 231 g/mol. The van der Waals surface area contributed by atoms with Crippen LogP contribution in [0.1, 0.15) is 12.5 Å². The Hall–Kier alpha value is -1.97. The molecule has 0 radical (unpaired) electrons. The first-order valence-electron chi connectivity index (χ1n) is 5.36. The van der Waals surface area contributed by atoms with E-state index in [0.29, 0.717) is 11.8 Å². The molecule has 0 saturated carbocycles. The van der Waals surface area contributed by atoms with Gasteiger partial charge in [0.05, 0.1) is 5.41 Å². The van der Waals surface area contributed by atoms with E-state index in [1.807, 2.05) is 6.07 Å². The molecule has 0 bridgehead atoms. The molecule has 2 rings (SSSR count). The van der Waals surface area contributed by atoms with Crippen molar-refractivity contribution in [1.82, 2.24) is 4.90 Å². The molecule has 0 aliphatic carbocycles. The molecule has 0 spiro atoms. The van der Waals surface area contributed by atoms with Gasteiger partial charge in [0, 0.05) is 7.05 Å². The van der Waals surface area contributed by atoms with Gasteiger partial charge in [0.2, 0.25) is 11.8 Å². The molecule has 2 atom stereocenters. The van der Waals surface area contributed by atoms with Gasteiger partial charge in [-0.2, -0.15) is 0 Å². The zero-order valence-electron chi connectivity index (χ0n) is 9.71. The molecule has 0 N–H and O–H groups in total. The van der Waals surface area contributed by atoms with Gasteiger partial charge < -0.3 is 4.79 Å². The molecular weight excluding hydrogens is 218 g/mol. The number of aldehydes is 1. The predicted octanol–water partition coefficient (Wildman–Crippen LogP) is 0.758. The van der Waals surface area contributed by atoms with E-state index in [-0.39, 0.29) is 5.91 Å². The van der Waals surface area contributed by atoms with Crippen molar-refractivity contribution in [3.8, 4) is 0 Å². The van der Waals surface area contributed by atoms with Gasteiger partial charge in [-0.3, -0.25) is 14.5 Å². The van der Waals surface area contributed by atoms with Crippen molar-refractivity contribution in [2.45, 2.75) is 12.3 Å². The van der Waals surface area contributed by atoms with Gasteiger partial charge in [-0.1, -0.05) is 30.3 Å². The summed E-state index contributed by atoms with van der Waals surface area (Å²) in [6.45, 7) is 1.64. The number of hydrogen-bond acceptors (Lipinski definition) is 3. The molecule has 1 saturated heterocycles. The van der Waals surface area contributed by atoms with Gasteiger partial charge in [-0.05, 0) is 12.5 Å². The number of hydrogen-bond donors (Lipinski definition) is 0. The number of carbonyl (C=O) groups is 3. The van der Waals surface area contributed by atoms with E-state index in [1.165, 1.54) is 7.05 Å². The number of likely N-dealkylation sites (tertiary alicyclic amines) is 1. The van der Waals surface area contributed by atoms with Crippen LogP contribution in [0.25, 0.3) is 0 Å². The number of benzene rings is 1. The van der Waals surface area contributed by atoms with Crippen LogP contribution in [-0.2, 0) is 19.8 Å². The van der Waals surface area contributed by atoms with Gasteiger partial charge >= 0.3 is 0 Å². The Balaban J connectivity index is 2.59. The highest BCUT2D eigenvalue weighted by molar-refractivity contribution is 6.15. The molecule has 17 heavy (non-hydrogen) atoms. The number of carbonyl (C=O) groups excluding carboxylic acids is 3. The quantitative estimate of drug-likeness (QED) is 0.429. The van der Waals surface area contributed by atoms with Crippen LogP contribution >= 0.6 is 0 Å². The van der Waals surface area contributed by atoms with Crippen molar-refractivity contribution in [3.05, 3.63) is 35.9 Å². The Morgan fingerprint density at radius 1 is 1.24 bits per heavy atom. The molecule has 0 aromatic heterocycles. The maximum absolute atomic E-state index is 12.2. The first-order valence-corrected chi connectivity index (χ1v) is 5.36. The summed E-state index contributed by atoms with van der Waals surface area (Å²) in [5, 5.41) is 0. The van der Waals surface area contributed by atoms with E-state index in [2.05, 4.69) is 0 Å². The normalized spacial score (nSPS) is 28.6. The fourth-order valence-electron chi connectivity index (χ4n) is 2.32. The average Bonchev–Trinajstić information content (AvgIpc) is 2.53. The monoisotopic (exact) mass is 231 g/mol. The van der Waals surface area contributed by atoms with Crippen LogP contribution in [-0.4, -0.2) is 30.0 Å². The van der Waals surface area contributed by atoms with Crippen LogP contribution in [0.3, 0.4) is 0 Å². The lowest BCUT2D eigenvalue weighted by atomic mass is 9.74. The molecule has 1 aliphatic heterocycles. The van der Waals surface area contributed by atoms with Crippen LogP contribution in [0, 0.1) is 5.92 Å². The van der Waals surface area contributed by atoms with E-state index in [1.54, 1.807) is 31.2 Å². The summed E-state index contributed by atoms with van der Waals surface area (Å²) < 4.78 is 0. The number of likely N-dealkylation sites (N-methyl/N-ethyl adjacent to an activating group) is 1. The molecule has 2 unspecified atom stereocenters. The minimum Gasteiger partial charge on any atom is -0.302 e. The Kier molecular flexibility index (Phi) is 2.58. The molecule has 4 nitrogen and oxygen atoms in total. The Morgan fingerprint density at radius 2 is 1.82 bits per heavy atom. The number of rotatable bonds is 2. The highest BCUT2D eigenvalue weighted by Crippen LogP contribution is 2.39. The van der Waals surface area contributed by atoms with E-state index in [0.717, 1.165) is 4.90 Å². The third-order valence-corrected chi connectivity index (χ3v) is 3.48. The first kappa shape index (κ1) is 11.5. The smallest absolute Gasteiger partial charge is 0.240 e. The van der Waals surface area contributed by atoms with Crippen LogP contribution in [0.5, 0.6) is 0 Å². The van der Waals surface area contributed by atoms with Crippen molar-refractivity contribution >= 4 is 18.1 Å². The summed E-state index contributed by atoms with van der Waals surface area (Å²) in [6.07, 6.45) is 0.566. The fraction of sp³-hybridized carbons (Fsp3) is 0.308. The molecule has 4 heteroatoms. The van der Waals surface area contributed by atoms with E-state index >= 15 is 0 Å². The largest absolute Gasteiger partial charge is 0.302 e. The fourth-order valence-corrected chi connectivity index (χ4v) is 2.32. The summed E-state index contributed by atoms with van der Waals surface area (Å²) in [7, 11) is 1.41. The minimum absolute atomic E-state index is 0.328. The molecular formula is C13H13NO3. The van der Waals surface area contributed by atoms with Crippen LogP contribution < -0.4 is 0 Å². The maximum atomic E-state index is 12.2. The molecule has 1 fully saturated rings. The Morgan fingerprint density at radius 3 is 2.35 bits per heavy atom. The first-order chi connectivity index (χ1) is 8.03. The van der Waals surface area contributed by atoms with Crippen molar-refractivity contribution in [2.75, 3.05) is 7.05 Å². The van der Waals surface area contributed by atoms with Crippen molar-refractivity contribution in [3.63, 3.8) is 0 Å². The third kappa shape index (κ3) is 1.40. The van der Waals surface area contributed by atoms with E-state index < -0.39 is 17.2 Å². The second kappa shape index (κ2) is 3.80. The lowest BCUT2D eigenvalue weighted by molar-refractivity contribution is -0.138. The molecule has 88 valence electrons. The predicted molar refractivity (Wildman–Crippen MR) is 61.1 cm³/mol. The molecule has 1 heterocycles. The van der Waals surface area contributed by atoms with E-state index in [9.17, 15) is 14.4 Å². The molecule has 2 amide bonds. The zero-order chi connectivity index (χ0) is 12.6. The number of imide groups is 1. The summed E-state index contributed by atoms with van der Waals surface area (Å²) >= 11 is 0. The van der Waals surface area contributed by atoms with Gasteiger partial charge in [0.15, 0.2) is 0 Å². The highest BCUT2D eigenvalue weighted by Gasteiger charge is 2.56. The molecule has 1 aromatic carbocycles. The number of nitrogens with zero attached hydrogens (tertiary/aromatic N) is 1. The summed E-state index contributed by atoms with van der Waals surface area (Å²) in [5.41, 5.74) is -0.380. The van der Waals surface area contributed by atoms with E-state index in [4.69, 9.17) is 0 Å². The zero-order valence-corrected chi connectivity index (χ0v) is 9.71. The summed E-state index contributed by atoms with van der Waals surface area (Å²) in [6, 6.07) is 8.94. The van der Waals surface area contributed by atoms with Gasteiger partial charge in [0.25, 0.3) is 0 Å². The molecule has 1 aromatic rings.